The standard InChI is InChI=1S/C8H8ClN5/c1-5(9)7-12-8(14-13-7)6-2-10-4-11-3-6/h2-5H,1H3,(H,12,13,14). The van der Waals surface area contributed by atoms with Gasteiger partial charge in [-0.25, -0.2) is 15.0 Å². The number of aromatic nitrogens is 5. The van der Waals surface area contributed by atoms with Gasteiger partial charge in [0.1, 0.15) is 12.2 Å². The Balaban J connectivity index is 2.34. The molecule has 0 spiro atoms. The minimum Gasteiger partial charge on any atom is -0.261 e. The Morgan fingerprint density at radius 2 is 2.07 bits per heavy atom. The molecule has 0 aliphatic carbocycles. The van der Waals surface area contributed by atoms with E-state index in [1.807, 2.05) is 6.92 Å². The van der Waals surface area contributed by atoms with Crippen molar-refractivity contribution in [2.45, 2.75) is 12.3 Å². The fraction of sp³-hybridized carbons (Fsp3) is 0.250. The topological polar surface area (TPSA) is 67.3 Å². The molecule has 2 heterocycles. The third-order valence-corrected chi connectivity index (χ3v) is 1.90. The number of aromatic amines is 1. The molecule has 6 heteroatoms. The fourth-order valence-corrected chi connectivity index (χ4v) is 1.09. The molecule has 1 unspecified atom stereocenters. The van der Waals surface area contributed by atoms with E-state index in [-0.39, 0.29) is 5.38 Å². The zero-order valence-corrected chi connectivity index (χ0v) is 8.23. The van der Waals surface area contributed by atoms with Crippen molar-refractivity contribution < 1.29 is 0 Å². The summed E-state index contributed by atoms with van der Waals surface area (Å²) in [6, 6.07) is 0. The van der Waals surface area contributed by atoms with Crippen molar-refractivity contribution in [1.29, 1.82) is 0 Å². The van der Waals surface area contributed by atoms with Crippen LogP contribution < -0.4 is 0 Å². The molecule has 0 aliphatic heterocycles. The Labute approximate surface area is 85.6 Å². The zero-order valence-electron chi connectivity index (χ0n) is 7.48. The molecular formula is C8H8ClN5. The van der Waals surface area contributed by atoms with E-state index in [4.69, 9.17) is 11.6 Å². The van der Waals surface area contributed by atoms with Crippen LogP contribution in [0.1, 0.15) is 18.1 Å². The number of nitrogens with zero attached hydrogens (tertiary/aromatic N) is 4. The molecule has 0 amide bonds. The summed E-state index contributed by atoms with van der Waals surface area (Å²) in [5.41, 5.74) is 0.771. The predicted octanol–water partition coefficient (Wildman–Crippen LogP) is 1.56. The highest BCUT2D eigenvalue weighted by Gasteiger charge is 2.09. The van der Waals surface area contributed by atoms with Gasteiger partial charge in [-0.1, -0.05) is 0 Å². The molecule has 1 N–H and O–H groups in total. The van der Waals surface area contributed by atoms with Crippen molar-refractivity contribution in [1.82, 2.24) is 25.1 Å². The second-order valence-electron chi connectivity index (χ2n) is 2.79. The monoisotopic (exact) mass is 209 g/mol. The Morgan fingerprint density at radius 3 is 2.64 bits per heavy atom. The molecule has 0 bridgehead atoms. The lowest BCUT2D eigenvalue weighted by molar-refractivity contribution is 0.918. The van der Waals surface area contributed by atoms with Crippen LogP contribution in [-0.2, 0) is 0 Å². The number of hydrogen-bond donors (Lipinski definition) is 1. The van der Waals surface area contributed by atoms with E-state index in [1.165, 1.54) is 6.33 Å². The summed E-state index contributed by atoms with van der Waals surface area (Å²) < 4.78 is 0. The number of nitrogens with one attached hydrogen (secondary N) is 1. The molecule has 72 valence electrons. The predicted molar refractivity (Wildman–Crippen MR) is 51.7 cm³/mol. The smallest absolute Gasteiger partial charge is 0.184 e. The van der Waals surface area contributed by atoms with Crippen LogP contribution in [0.15, 0.2) is 18.7 Å². The van der Waals surface area contributed by atoms with Crippen molar-refractivity contribution >= 4 is 11.6 Å². The lowest BCUT2D eigenvalue weighted by atomic mass is 10.3. The number of halogens is 1. The van der Waals surface area contributed by atoms with Gasteiger partial charge in [-0.3, -0.25) is 5.10 Å². The molecule has 1 atom stereocenters. The molecule has 0 saturated heterocycles. The molecule has 0 saturated carbocycles. The molecule has 0 radical (unpaired) electrons. The van der Waals surface area contributed by atoms with Crippen LogP contribution in [-0.4, -0.2) is 25.1 Å². The summed E-state index contributed by atoms with van der Waals surface area (Å²) in [5.74, 6) is 1.21. The maximum absolute atomic E-state index is 5.84. The summed E-state index contributed by atoms with van der Waals surface area (Å²) in [4.78, 5) is 12.0. The number of rotatable bonds is 2. The van der Waals surface area contributed by atoms with Crippen molar-refractivity contribution in [2.75, 3.05) is 0 Å². The molecule has 2 rings (SSSR count). The largest absolute Gasteiger partial charge is 0.261 e. The van der Waals surface area contributed by atoms with Crippen LogP contribution in [0.4, 0.5) is 0 Å². The molecule has 0 aliphatic rings. The van der Waals surface area contributed by atoms with Crippen LogP contribution in [0, 0.1) is 0 Å². The molecule has 2 aromatic rings. The van der Waals surface area contributed by atoms with Crippen molar-refractivity contribution in [3.8, 4) is 11.4 Å². The van der Waals surface area contributed by atoms with Gasteiger partial charge >= 0.3 is 0 Å². The average Bonchev–Trinajstić information content (AvgIpc) is 2.68. The molecular weight excluding hydrogens is 202 g/mol. The Bertz CT molecular complexity index is 411. The Kier molecular flexibility index (Phi) is 2.41. The highest BCUT2D eigenvalue weighted by Crippen LogP contribution is 2.18. The molecule has 5 nitrogen and oxygen atoms in total. The van der Waals surface area contributed by atoms with E-state index < -0.39 is 0 Å². The summed E-state index contributed by atoms with van der Waals surface area (Å²) >= 11 is 5.84. The maximum Gasteiger partial charge on any atom is 0.184 e. The van der Waals surface area contributed by atoms with Gasteiger partial charge in [-0.05, 0) is 6.92 Å². The Hall–Kier alpha value is -1.49. The van der Waals surface area contributed by atoms with E-state index in [1.54, 1.807) is 12.4 Å². The van der Waals surface area contributed by atoms with Crippen molar-refractivity contribution in [3.63, 3.8) is 0 Å². The highest BCUT2D eigenvalue weighted by atomic mass is 35.5. The first kappa shape index (κ1) is 9.08. The van der Waals surface area contributed by atoms with Crippen molar-refractivity contribution in [3.05, 3.63) is 24.5 Å². The van der Waals surface area contributed by atoms with Crippen LogP contribution in [0.5, 0.6) is 0 Å². The summed E-state index contributed by atoms with van der Waals surface area (Å²) in [7, 11) is 0. The highest BCUT2D eigenvalue weighted by molar-refractivity contribution is 6.20. The van der Waals surface area contributed by atoms with Gasteiger partial charge in [0, 0.05) is 12.4 Å². The van der Waals surface area contributed by atoms with Gasteiger partial charge in [0.15, 0.2) is 5.82 Å². The fourth-order valence-electron chi connectivity index (χ4n) is 0.996. The summed E-state index contributed by atoms with van der Waals surface area (Å²) in [6.45, 7) is 1.83. The first-order chi connectivity index (χ1) is 6.77. The van der Waals surface area contributed by atoms with Gasteiger partial charge in [-0.15, -0.1) is 11.6 Å². The molecule has 14 heavy (non-hydrogen) atoms. The SMILES string of the molecule is CC(Cl)c1nc(-c2cncnc2)n[nH]1. The minimum atomic E-state index is -0.180. The van der Waals surface area contributed by atoms with E-state index >= 15 is 0 Å². The van der Waals surface area contributed by atoms with Gasteiger partial charge in [-0.2, -0.15) is 5.10 Å². The van der Waals surface area contributed by atoms with Crippen LogP contribution in [0.25, 0.3) is 11.4 Å². The van der Waals surface area contributed by atoms with Crippen LogP contribution in [0.2, 0.25) is 0 Å². The maximum atomic E-state index is 5.84. The van der Waals surface area contributed by atoms with Gasteiger partial charge < -0.3 is 0 Å². The number of H-pyrrole nitrogens is 1. The molecule has 0 fully saturated rings. The lowest BCUT2D eigenvalue weighted by Crippen LogP contribution is -1.87. The van der Waals surface area contributed by atoms with E-state index in [2.05, 4.69) is 25.1 Å². The van der Waals surface area contributed by atoms with E-state index in [0.717, 1.165) is 5.56 Å². The first-order valence-corrected chi connectivity index (χ1v) is 4.53. The quantitative estimate of drug-likeness (QED) is 0.763. The third kappa shape index (κ3) is 1.72. The zero-order chi connectivity index (χ0) is 9.97. The number of alkyl halides is 1. The second kappa shape index (κ2) is 3.71. The summed E-state index contributed by atoms with van der Waals surface area (Å²) in [6.07, 6.45) is 4.76. The van der Waals surface area contributed by atoms with Crippen LogP contribution in [0.3, 0.4) is 0 Å². The first-order valence-electron chi connectivity index (χ1n) is 4.09. The normalized spacial score (nSPS) is 12.7. The minimum absolute atomic E-state index is 0.180. The molecule has 2 aromatic heterocycles. The molecule has 0 aromatic carbocycles. The van der Waals surface area contributed by atoms with Gasteiger partial charge in [0.2, 0.25) is 0 Å². The lowest BCUT2D eigenvalue weighted by Gasteiger charge is -1.93. The number of hydrogen-bond acceptors (Lipinski definition) is 4. The second-order valence-corrected chi connectivity index (χ2v) is 3.44. The Morgan fingerprint density at radius 1 is 1.36 bits per heavy atom. The summed E-state index contributed by atoms with van der Waals surface area (Å²) in [5, 5.41) is 6.58. The van der Waals surface area contributed by atoms with Crippen LogP contribution >= 0.6 is 11.6 Å². The van der Waals surface area contributed by atoms with Gasteiger partial charge in [0.25, 0.3) is 0 Å². The van der Waals surface area contributed by atoms with Crippen molar-refractivity contribution in [2.24, 2.45) is 0 Å². The van der Waals surface area contributed by atoms with E-state index in [0.29, 0.717) is 11.6 Å². The average molecular weight is 210 g/mol. The third-order valence-electron chi connectivity index (χ3n) is 1.70. The van der Waals surface area contributed by atoms with Gasteiger partial charge in [0.05, 0.1) is 10.9 Å². The van der Waals surface area contributed by atoms with E-state index in [9.17, 15) is 0 Å².